The predicted octanol–water partition coefficient (Wildman–Crippen LogP) is 3.56. The van der Waals surface area contributed by atoms with E-state index in [-0.39, 0.29) is 17.3 Å². The Balaban J connectivity index is 2.75. The summed E-state index contributed by atoms with van der Waals surface area (Å²) in [7, 11) is 0. The standard InChI is InChI=1S/C15H24O2/c1-5-6-7-11-10-12(15(2,3)4)8-9-13(11)14(16)17/h11-13H,7-10H2,1-4H3,(H,16,17). The smallest absolute Gasteiger partial charge is 0.306 e. The summed E-state index contributed by atoms with van der Waals surface area (Å²) >= 11 is 0. The van der Waals surface area contributed by atoms with Gasteiger partial charge in [-0.2, -0.15) is 0 Å². The molecule has 3 atom stereocenters. The van der Waals surface area contributed by atoms with Gasteiger partial charge < -0.3 is 5.11 Å². The molecule has 0 amide bonds. The molecule has 1 rings (SSSR count). The van der Waals surface area contributed by atoms with Crippen LogP contribution in [0.4, 0.5) is 0 Å². The van der Waals surface area contributed by atoms with E-state index in [1.54, 1.807) is 0 Å². The van der Waals surface area contributed by atoms with Crippen molar-refractivity contribution in [3.63, 3.8) is 0 Å². The van der Waals surface area contributed by atoms with Gasteiger partial charge in [0.1, 0.15) is 0 Å². The monoisotopic (exact) mass is 236 g/mol. The second-order valence-corrected chi connectivity index (χ2v) is 6.21. The maximum Gasteiger partial charge on any atom is 0.306 e. The van der Waals surface area contributed by atoms with Crippen LogP contribution in [-0.4, -0.2) is 11.1 Å². The van der Waals surface area contributed by atoms with E-state index in [0.29, 0.717) is 5.92 Å². The largest absolute Gasteiger partial charge is 0.481 e. The quantitative estimate of drug-likeness (QED) is 0.744. The highest BCUT2D eigenvalue weighted by Crippen LogP contribution is 2.43. The Kier molecular flexibility index (Phi) is 4.62. The Labute approximate surface area is 105 Å². The summed E-state index contributed by atoms with van der Waals surface area (Å²) in [6.07, 6.45) is 3.60. The highest BCUT2D eigenvalue weighted by molar-refractivity contribution is 5.70. The zero-order chi connectivity index (χ0) is 13.1. The van der Waals surface area contributed by atoms with Crippen LogP contribution in [0, 0.1) is 35.0 Å². The molecule has 0 aliphatic heterocycles. The van der Waals surface area contributed by atoms with Crippen LogP contribution in [0.15, 0.2) is 0 Å². The van der Waals surface area contributed by atoms with E-state index in [0.717, 1.165) is 25.7 Å². The van der Waals surface area contributed by atoms with Gasteiger partial charge in [0.25, 0.3) is 0 Å². The molecule has 0 spiro atoms. The summed E-state index contributed by atoms with van der Waals surface area (Å²) in [5.74, 6) is 5.98. The minimum atomic E-state index is -0.639. The molecule has 1 aliphatic carbocycles. The van der Waals surface area contributed by atoms with Crippen LogP contribution >= 0.6 is 0 Å². The lowest BCUT2D eigenvalue weighted by Gasteiger charge is -2.40. The molecule has 0 aromatic carbocycles. The van der Waals surface area contributed by atoms with Crippen LogP contribution in [0.3, 0.4) is 0 Å². The van der Waals surface area contributed by atoms with Crippen molar-refractivity contribution in [3.05, 3.63) is 0 Å². The highest BCUT2D eigenvalue weighted by atomic mass is 16.4. The summed E-state index contributed by atoms with van der Waals surface area (Å²) in [5.41, 5.74) is 0.279. The average molecular weight is 236 g/mol. The highest BCUT2D eigenvalue weighted by Gasteiger charge is 2.38. The van der Waals surface area contributed by atoms with Gasteiger partial charge in [-0.15, -0.1) is 11.8 Å². The first-order valence-electron chi connectivity index (χ1n) is 6.48. The molecule has 0 heterocycles. The van der Waals surface area contributed by atoms with Gasteiger partial charge in [-0.25, -0.2) is 0 Å². The third-order valence-corrected chi connectivity index (χ3v) is 4.07. The molecular weight excluding hydrogens is 212 g/mol. The number of hydrogen-bond acceptors (Lipinski definition) is 1. The molecule has 0 radical (unpaired) electrons. The summed E-state index contributed by atoms with van der Waals surface area (Å²) in [5, 5.41) is 9.25. The summed E-state index contributed by atoms with van der Waals surface area (Å²) < 4.78 is 0. The Hall–Kier alpha value is -0.970. The van der Waals surface area contributed by atoms with E-state index in [1.165, 1.54) is 0 Å². The number of carboxylic acids is 1. The van der Waals surface area contributed by atoms with Crippen LogP contribution in [0.5, 0.6) is 0 Å². The summed E-state index contributed by atoms with van der Waals surface area (Å²) in [4.78, 5) is 11.2. The van der Waals surface area contributed by atoms with E-state index >= 15 is 0 Å². The Morgan fingerprint density at radius 2 is 2.00 bits per heavy atom. The molecule has 0 saturated heterocycles. The lowest BCUT2D eigenvalue weighted by atomic mass is 9.65. The fourth-order valence-corrected chi connectivity index (χ4v) is 2.83. The number of carbonyl (C=O) groups is 1. The summed E-state index contributed by atoms with van der Waals surface area (Å²) in [6, 6.07) is 0. The number of aliphatic carboxylic acids is 1. The minimum absolute atomic E-state index is 0.186. The van der Waals surface area contributed by atoms with Gasteiger partial charge in [0, 0.05) is 6.42 Å². The number of rotatable bonds is 2. The lowest BCUT2D eigenvalue weighted by Crippen LogP contribution is -2.35. The number of carboxylic acid groups (broad SMARTS) is 1. The average Bonchev–Trinajstić information content (AvgIpc) is 2.24. The second kappa shape index (κ2) is 5.58. The van der Waals surface area contributed by atoms with E-state index < -0.39 is 5.97 Å². The van der Waals surface area contributed by atoms with Crippen molar-refractivity contribution in [2.75, 3.05) is 0 Å². The molecule has 1 aliphatic rings. The minimum Gasteiger partial charge on any atom is -0.481 e. The first kappa shape index (κ1) is 14.1. The van der Waals surface area contributed by atoms with E-state index in [1.807, 2.05) is 6.92 Å². The van der Waals surface area contributed by atoms with Crippen molar-refractivity contribution in [2.24, 2.45) is 23.2 Å². The maximum absolute atomic E-state index is 11.2. The van der Waals surface area contributed by atoms with Crippen LogP contribution in [0.2, 0.25) is 0 Å². The van der Waals surface area contributed by atoms with Crippen molar-refractivity contribution in [1.82, 2.24) is 0 Å². The Morgan fingerprint density at radius 3 is 2.47 bits per heavy atom. The molecule has 1 N–H and O–H groups in total. The van der Waals surface area contributed by atoms with Gasteiger partial charge in [0.2, 0.25) is 0 Å². The van der Waals surface area contributed by atoms with Gasteiger partial charge in [-0.1, -0.05) is 20.8 Å². The molecule has 2 heteroatoms. The van der Waals surface area contributed by atoms with Gasteiger partial charge in [0.15, 0.2) is 0 Å². The topological polar surface area (TPSA) is 37.3 Å². The van der Waals surface area contributed by atoms with Gasteiger partial charge >= 0.3 is 5.97 Å². The van der Waals surface area contributed by atoms with Crippen LogP contribution < -0.4 is 0 Å². The predicted molar refractivity (Wildman–Crippen MR) is 69.5 cm³/mol. The molecule has 96 valence electrons. The zero-order valence-electron chi connectivity index (χ0n) is 11.4. The molecule has 1 saturated carbocycles. The van der Waals surface area contributed by atoms with E-state index in [9.17, 15) is 9.90 Å². The first-order valence-corrected chi connectivity index (χ1v) is 6.48. The van der Waals surface area contributed by atoms with Gasteiger partial charge in [-0.3, -0.25) is 4.79 Å². The molecule has 1 fully saturated rings. The van der Waals surface area contributed by atoms with Crippen molar-refractivity contribution >= 4 is 5.97 Å². The van der Waals surface area contributed by atoms with Crippen LogP contribution in [0.1, 0.15) is 53.4 Å². The van der Waals surface area contributed by atoms with Gasteiger partial charge in [0.05, 0.1) is 5.92 Å². The lowest BCUT2D eigenvalue weighted by molar-refractivity contribution is -0.145. The Bertz CT molecular complexity index is 327. The van der Waals surface area contributed by atoms with E-state index in [4.69, 9.17) is 0 Å². The van der Waals surface area contributed by atoms with Crippen molar-refractivity contribution in [3.8, 4) is 11.8 Å². The maximum atomic E-state index is 11.2. The first-order chi connectivity index (χ1) is 7.86. The van der Waals surface area contributed by atoms with Crippen molar-refractivity contribution in [2.45, 2.75) is 53.4 Å². The molecule has 17 heavy (non-hydrogen) atoms. The van der Waals surface area contributed by atoms with E-state index in [2.05, 4.69) is 32.6 Å². The third-order valence-electron chi connectivity index (χ3n) is 4.07. The fourth-order valence-electron chi connectivity index (χ4n) is 2.83. The second-order valence-electron chi connectivity index (χ2n) is 6.21. The Morgan fingerprint density at radius 1 is 1.35 bits per heavy atom. The van der Waals surface area contributed by atoms with Crippen LogP contribution in [0.25, 0.3) is 0 Å². The molecule has 0 bridgehead atoms. The molecule has 0 aromatic heterocycles. The normalized spacial score (nSPS) is 29.3. The molecule has 2 nitrogen and oxygen atoms in total. The summed E-state index contributed by atoms with van der Waals surface area (Å²) in [6.45, 7) is 8.57. The molecule has 0 aromatic rings. The third kappa shape index (κ3) is 3.77. The molecular formula is C15H24O2. The fraction of sp³-hybridized carbons (Fsp3) is 0.800. The van der Waals surface area contributed by atoms with Crippen molar-refractivity contribution < 1.29 is 9.90 Å². The number of hydrogen-bond donors (Lipinski definition) is 1. The van der Waals surface area contributed by atoms with Gasteiger partial charge in [-0.05, 0) is 43.4 Å². The SMILES string of the molecule is CC#CCC1CC(C(C)(C)C)CCC1C(=O)O. The zero-order valence-corrected chi connectivity index (χ0v) is 11.4. The molecule has 3 unspecified atom stereocenters. The van der Waals surface area contributed by atoms with Crippen molar-refractivity contribution in [1.29, 1.82) is 0 Å². The van der Waals surface area contributed by atoms with Crippen LogP contribution in [-0.2, 0) is 4.79 Å².